The number of hydrogen-bond donors (Lipinski definition) is 1. The van der Waals surface area contributed by atoms with Crippen molar-refractivity contribution < 1.29 is 0 Å². The first kappa shape index (κ1) is 16.8. The first-order chi connectivity index (χ1) is 13.4. The van der Waals surface area contributed by atoms with Gasteiger partial charge in [0.15, 0.2) is 0 Å². The summed E-state index contributed by atoms with van der Waals surface area (Å²) in [6.07, 6.45) is 0.992. The molecule has 6 rings (SSSR count). The summed E-state index contributed by atoms with van der Waals surface area (Å²) in [5.41, 5.74) is 10.4. The molecule has 1 aliphatic carbocycles. The number of anilines is 2. The third-order valence-corrected chi connectivity index (χ3v) is 6.16. The predicted molar refractivity (Wildman–Crippen MR) is 118 cm³/mol. The zero-order valence-electron chi connectivity index (χ0n) is 14.9. The van der Waals surface area contributed by atoms with Crippen molar-refractivity contribution in [3.05, 3.63) is 130 Å². The summed E-state index contributed by atoms with van der Waals surface area (Å²) in [5, 5.41) is 3.67. The Labute approximate surface area is 166 Å². The van der Waals surface area contributed by atoms with Crippen LogP contribution in [0.2, 0.25) is 0 Å². The van der Waals surface area contributed by atoms with Gasteiger partial charge < -0.3 is 5.32 Å². The molecule has 2 aliphatic rings. The van der Waals surface area contributed by atoms with Gasteiger partial charge in [0.1, 0.15) is 0 Å². The van der Waals surface area contributed by atoms with Gasteiger partial charge in [0.2, 0.25) is 0 Å². The summed E-state index contributed by atoms with van der Waals surface area (Å²) in [4.78, 5) is 0. The molecule has 1 heteroatoms. The van der Waals surface area contributed by atoms with Crippen LogP contribution < -0.4 is 5.32 Å². The van der Waals surface area contributed by atoms with Crippen LogP contribution in [-0.4, -0.2) is 0 Å². The van der Waals surface area contributed by atoms with E-state index in [1.54, 1.807) is 0 Å². The van der Waals surface area contributed by atoms with Crippen molar-refractivity contribution in [1.29, 1.82) is 0 Å². The number of hydrogen-bond acceptors (Lipinski definition) is 1. The van der Waals surface area contributed by atoms with Crippen molar-refractivity contribution in [3.8, 4) is 0 Å². The summed E-state index contributed by atoms with van der Waals surface area (Å²) in [6, 6.07) is 35.5. The zero-order valence-corrected chi connectivity index (χ0v) is 14.9. The van der Waals surface area contributed by atoms with Crippen molar-refractivity contribution in [1.82, 2.24) is 0 Å². The summed E-state index contributed by atoms with van der Waals surface area (Å²) >= 11 is 0. The van der Waals surface area contributed by atoms with Gasteiger partial charge in [-0.2, -0.15) is 0 Å². The molecule has 1 N–H and O–H groups in total. The Hall–Kier alpha value is -3.32. The Balaban J connectivity index is 0.00000171. The molecule has 0 aromatic heterocycles. The van der Waals surface area contributed by atoms with Crippen LogP contribution in [0.1, 0.15) is 40.8 Å². The standard InChI is InChI=1S/C26H19N.CH4/c1-3-11-20-18(9-1)17-19-10-2-4-12-21(19)26(20)22-13-5-7-15-24(22)27-25-16-8-6-14-23(25)26;/h1-16,27H,17H2;1H4. The number of benzene rings is 4. The monoisotopic (exact) mass is 361 g/mol. The van der Waals surface area contributed by atoms with E-state index < -0.39 is 0 Å². The van der Waals surface area contributed by atoms with Gasteiger partial charge in [-0.15, -0.1) is 0 Å². The fraction of sp³-hybridized carbons (Fsp3) is 0.111. The largest absolute Gasteiger partial charge is 0.355 e. The molecule has 4 aromatic carbocycles. The van der Waals surface area contributed by atoms with Gasteiger partial charge in [-0.1, -0.05) is 92.4 Å². The molecule has 0 unspecified atom stereocenters. The normalized spacial score (nSPS) is 14.6. The maximum Gasteiger partial charge on any atom is 0.0747 e. The summed E-state index contributed by atoms with van der Waals surface area (Å²) in [7, 11) is 0. The molecule has 0 bridgehead atoms. The van der Waals surface area contributed by atoms with Gasteiger partial charge >= 0.3 is 0 Å². The van der Waals surface area contributed by atoms with Gasteiger partial charge in [0.05, 0.1) is 5.41 Å². The molecule has 136 valence electrons. The lowest BCUT2D eigenvalue weighted by Crippen LogP contribution is -2.39. The van der Waals surface area contributed by atoms with Crippen molar-refractivity contribution in [2.75, 3.05) is 5.32 Å². The Morgan fingerprint density at radius 2 is 0.893 bits per heavy atom. The molecule has 28 heavy (non-hydrogen) atoms. The van der Waals surface area contributed by atoms with Crippen molar-refractivity contribution in [2.24, 2.45) is 0 Å². The molecule has 4 aromatic rings. The molecular weight excluding hydrogens is 338 g/mol. The highest BCUT2D eigenvalue weighted by molar-refractivity contribution is 5.83. The number of fused-ring (bicyclic) bond motifs is 8. The maximum absolute atomic E-state index is 3.67. The Morgan fingerprint density at radius 3 is 1.39 bits per heavy atom. The van der Waals surface area contributed by atoms with E-state index in [2.05, 4.69) is 102 Å². The first-order valence-corrected chi connectivity index (χ1v) is 9.52. The van der Waals surface area contributed by atoms with E-state index in [0.717, 1.165) is 6.42 Å². The van der Waals surface area contributed by atoms with Crippen LogP contribution >= 0.6 is 0 Å². The van der Waals surface area contributed by atoms with E-state index >= 15 is 0 Å². The molecule has 0 amide bonds. The van der Waals surface area contributed by atoms with Crippen LogP contribution in [0, 0.1) is 0 Å². The highest BCUT2D eigenvalue weighted by Crippen LogP contribution is 2.56. The lowest BCUT2D eigenvalue weighted by molar-refractivity contribution is 0.700. The molecule has 0 fully saturated rings. The van der Waals surface area contributed by atoms with E-state index in [9.17, 15) is 0 Å². The second-order valence-corrected chi connectivity index (χ2v) is 7.46. The average Bonchev–Trinajstić information content (AvgIpc) is 2.73. The van der Waals surface area contributed by atoms with Gasteiger partial charge in [-0.3, -0.25) is 0 Å². The van der Waals surface area contributed by atoms with Crippen LogP contribution in [0.5, 0.6) is 0 Å². The zero-order chi connectivity index (χ0) is 17.8. The van der Waals surface area contributed by atoms with Gasteiger partial charge in [-0.05, 0) is 51.9 Å². The van der Waals surface area contributed by atoms with E-state index in [0.29, 0.717) is 0 Å². The van der Waals surface area contributed by atoms with E-state index in [4.69, 9.17) is 0 Å². The second kappa shape index (κ2) is 6.10. The van der Waals surface area contributed by atoms with Crippen LogP contribution in [0.25, 0.3) is 0 Å². The minimum absolute atomic E-state index is 0. The first-order valence-electron chi connectivity index (χ1n) is 9.52. The minimum Gasteiger partial charge on any atom is -0.355 e. The Kier molecular flexibility index (Phi) is 3.67. The fourth-order valence-corrected chi connectivity index (χ4v) is 5.14. The van der Waals surface area contributed by atoms with E-state index in [-0.39, 0.29) is 12.8 Å². The topological polar surface area (TPSA) is 12.0 Å². The van der Waals surface area contributed by atoms with Gasteiger partial charge in [-0.25, -0.2) is 0 Å². The molecule has 1 aliphatic heterocycles. The van der Waals surface area contributed by atoms with E-state index in [1.807, 2.05) is 0 Å². The summed E-state index contributed by atoms with van der Waals surface area (Å²) in [6.45, 7) is 0. The van der Waals surface area contributed by atoms with Gasteiger partial charge in [0, 0.05) is 11.4 Å². The number of rotatable bonds is 0. The third kappa shape index (κ3) is 2.02. The highest BCUT2D eigenvalue weighted by atomic mass is 14.9. The summed E-state index contributed by atoms with van der Waals surface area (Å²) < 4.78 is 0. The average molecular weight is 361 g/mol. The van der Waals surface area contributed by atoms with E-state index in [1.165, 1.54) is 44.8 Å². The number of para-hydroxylation sites is 2. The lowest BCUT2D eigenvalue weighted by atomic mass is 9.58. The van der Waals surface area contributed by atoms with Crippen molar-refractivity contribution >= 4 is 11.4 Å². The molecule has 0 atom stereocenters. The smallest absolute Gasteiger partial charge is 0.0747 e. The van der Waals surface area contributed by atoms with Gasteiger partial charge in [0.25, 0.3) is 0 Å². The van der Waals surface area contributed by atoms with Crippen LogP contribution in [0.15, 0.2) is 97.1 Å². The Bertz CT molecular complexity index is 999. The molecule has 1 nitrogen and oxygen atoms in total. The highest BCUT2D eigenvalue weighted by Gasteiger charge is 2.47. The van der Waals surface area contributed by atoms with Crippen LogP contribution in [0.3, 0.4) is 0 Å². The quantitative estimate of drug-likeness (QED) is 0.319. The molecule has 1 heterocycles. The maximum atomic E-state index is 3.67. The molecule has 0 saturated heterocycles. The van der Waals surface area contributed by atoms with Crippen LogP contribution in [0.4, 0.5) is 11.4 Å². The molecule has 1 spiro atoms. The number of nitrogens with one attached hydrogen (secondary N) is 1. The van der Waals surface area contributed by atoms with Crippen molar-refractivity contribution in [2.45, 2.75) is 19.3 Å². The second-order valence-electron chi connectivity index (χ2n) is 7.46. The fourth-order valence-electron chi connectivity index (χ4n) is 5.14. The molecule has 0 saturated carbocycles. The lowest BCUT2D eigenvalue weighted by Gasteiger charge is -2.46. The minimum atomic E-state index is -0.274. The molecule has 0 radical (unpaired) electrons. The Morgan fingerprint density at radius 1 is 0.500 bits per heavy atom. The van der Waals surface area contributed by atoms with Crippen molar-refractivity contribution in [3.63, 3.8) is 0 Å². The summed E-state index contributed by atoms with van der Waals surface area (Å²) in [5.74, 6) is 0. The van der Waals surface area contributed by atoms with Crippen LogP contribution in [-0.2, 0) is 11.8 Å². The SMILES string of the molecule is C.c1ccc2c(c1)Cc1ccccc1C21c2ccccc2Nc2ccccc21. The molecular formula is C27H23N. The third-order valence-electron chi connectivity index (χ3n) is 6.16. The predicted octanol–water partition coefficient (Wildman–Crippen LogP) is 6.67.